The van der Waals surface area contributed by atoms with Crippen LogP contribution >= 0.6 is 0 Å². The minimum absolute atomic E-state index is 0.218. The quantitative estimate of drug-likeness (QED) is 0.683. The van der Waals surface area contributed by atoms with E-state index in [1.165, 1.54) is 4.57 Å². The number of amides is 2. The predicted octanol–water partition coefficient (Wildman–Crippen LogP) is 1.99. The van der Waals surface area contributed by atoms with Crippen LogP contribution in [0.3, 0.4) is 0 Å². The number of anilines is 1. The average molecular weight is 327 g/mol. The number of aliphatic hydroxyl groups excluding tert-OH is 1. The number of aliphatic hydroxyl groups is 1. The van der Waals surface area contributed by atoms with Crippen LogP contribution in [0.25, 0.3) is 11.1 Å². The minimum atomic E-state index is -0.510. The fourth-order valence-corrected chi connectivity index (χ4v) is 2.46. The summed E-state index contributed by atoms with van der Waals surface area (Å²) in [6.07, 6.45) is 0. The van der Waals surface area contributed by atoms with Gasteiger partial charge in [-0.1, -0.05) is 30.3 Å². The first-order chi connectivity index (χ1) is 11.6. The lowest BCUT2D eigenvalue weighted by molar-refractivity contribution is 0.225. The topological polar surface area (TPSA) is 96.5 Å². The standard InChI is InChI=1S/C17H17N3O4/c1-20-14-8-7-12(9-15(14)24-17(20)23)18-16(22)19-13(10-21)11-5-3-2-4-6-11/h2-9,13,21H,10H2,1H3,(H2,18,19,22)/t13-/m1/s1. The first-order valence-corrected chi connectivity index (χ1v) is 7.41. The Bertz CT molecular complexity index is 914. The van der Waals surface area contributed by atoms with Gasteiger partial charge in [0.05, 0.1) is 18.2 Å². The molecule has 124 valence electrons. The van der Waals surface area contributed by atoms with E-state index in [0.29, 0.717) is 16.8 Å². The second-order valence-corrected chi connectivity index (χ2v) is 5.35. The number of aryl methyl sites for hydroxylation is 1. The normalized spacial score (nSPS) is 12.1. The molecule has 1 atom stereocenters. The number of nitrogens with one attached hydrogen (secondary N) is 2. The van der Waals surface area contributed by atoms with Crippen LogP contribution in [0.5, 0.6) is 0 Å². The average Bonchev–Trinajstić information content (AvgIpc) is 2.87. The Kier molecular flexibility index (Phi) is 4.35. The van der Waals surface area contributed by atoms with Crippen molar-refractivity contribution in [3.8, 4) is 0 Å². The first-order valence-electron chi connectivity index (χ1n) is 7.41. The molecular formula is C17H17N3O4. The molecule has 3 aromatic rings. The summed E-state index contributed by atoms with van der Waals surface area (Å²) in [5.41, 5.74) is 2.32. The van der Waals surface area contributed by atoms with Crippen LogP contribution in [0.2, 0.25) is 0 Å². The summed E-state index contributed by atoms with van der Waals surface area (Å²) in [5.74, 6) is -0.462. The van der Waals surface area contributed by atoms with Gasteiger partial charge in [-0.2, -0.15) is 0 Å². The third-order valence-electron chi connectivity index (χ3n) is 3.74. The van der Waals surface area contributed by atoms with E-state index in [1.54, 1.807) is 25.2 Å². The van der Waals surface area contributed by atoms with Crippen LogP contribution in [0.15, 0.2) is 57.7 Å². The molecule has 3 N–H and O–H groups in total. The van der Waals surface area contributed by atoms with E-state index in [1.807, 2.05) is 30.3 Å². The molecule has 0 fully saturated rings. The van der Waals surface area contributed by atoms with Gasteiger partial charge in [0.1, 0.15) is 0 Å². The molecule has 0 radical (unpaired) electrons. The third-order valence-corrected chi connectivity index (χ3v) is 3.74. The maximum absolute atomic E-state index is 12.1. The van der Waals surface area contributed by atoms with Crippen LogP contribution in [0.4, 0.5) is 10.5 Å². The fourth-order valence-electron chi connectivity index (χ4n) is 2.46. The second kappa shape index (κ2) is 6.59. The molecule has 0 aliphatic heterocycles. The molecule has 7 nitrogen and oxygen atoms in total. The monoisotopic (exact) mass is 327 g/mol. The molecule has 0 bridgehead atoms. The Morgan fingerprint density at radius 3 is 2.71 bits per heavy atom. The lowest BCUT2D eigenvalue weighted by Gasteiger charge is -2.17. The van der Waals surface area contributed by atoms with Gasteiger partial charge >= 0.3 is 11.8 Å². The Morgan fingerprint density at radius 2 is 2.00 bits per heavy atom. The van der Waals surface area contributed by atoms with Crippen LogP contribution in [0, 0.1) is 0 Å². The summed E-state index contributed by atoms with van der Waals surface area (Å²) in [6.45, 7) is -0.218. The molecule has 1 aromatic heterocycles. The highest BCUT2D eigenvalue weighted by molar-refractivity contribution is 5.91. The fraction of sp³-hybridized carbons (Fsp3) is 0.176. The number of rotatable bonds is 4. The zero-order chi connectivity index (χ0) is 17.1. The summed E-state index contributed by atoms with van der Waals surface area (Å²) in [6, 6.07) is 13.2. The summed E-state index contributed by atoms with van der Waals surface area (Å²) in [7, 11) is 1.61. The smallest absolute Gasteiger partial charge is 0.408 e. The molecule has 0 aliphatic rings. The number of carbonyl (C=O) groups is 1. The van der Waals surface area contributed by atoms with Crippen molar-refractivity contribution in [2.24, 2.45) is 7.05 Å². The van der Waals surface area contributed by atoms with E-state index >= 15 is 0 Å². The van der Waals surface area contributed by atoms with E-state index < -0.39 is 17.8 Å². The summed E-state index contributed by atoms with van der Waals surface area (Å²) in [5, 5.41) is 14.8. The molecule has 7 heteroatoms. The molecule has 0 saturated heterocycles. The van der Waals surface area contributed by atoms with Crippen molar-refractivity contribution < 1.29 is 14.3 Å². The van der Waals surface area contributed by atoms with Crippen molar-refractivity contribution in [1.82, 2.24) is 9.88 Å². The number of nitrogens with zero attached hydrogens (tertiary/aromatic N) is 1. The molecule has 2 aromatic carbocycles. The van der Waals surface area contributed by atoms with Gasteiger partial charge in [-0.05, 0) is 17.7 Å². The van der Waals surface area contributed by atoms with Crippen LogP contribution in [-0.4, -0.2) is 22.3 Å². The van der Waals surface area contributed by atoms with Gasteiger partial charge < -0.3 is 20.2 Å². The van der Waals surface area contributed by atoms with Crippen LogP contribution < -0.4 is 16.4 Å². The molecule has 0 unspecified atom stereocenters. The van der Waals surface area contributed by atoms with Crippen molar-refractivity contribution in [2.45, 2.75) is 6.04 Å². The number of oxazole rings is 1. The van der Waals surface area contributed by atoms with E-state index in [4.69, 9.17) is 4.42 Å². The van der Waals surface area contributed by atoms with Gasteiger partial charge in [-0.15, -0.1) is 0 Å². The van der Waals surface area contributed by atoms with Gasteiger partial charge in [0.15, 0.2) is 5.58 Å². The maximum atomic E-state index is 12.1. The summed E-state index contributed by atoms with van der Waals surface area (Å²) < 4.78 is 6.47. The molecule has 24 heavy (non-hydrogen) atoms. The lowest BCUT2D eigenvalue weighted by Crippen LogP contribution is -2.34. The largest absolute Gasteiger partial charge is 0.419 e. The van der Waals surface area contributed by atoms with E-state index in [0.717, 1.165) is 5.56 Å². The second-order valence-electron chi connectivity index (χ2n) is 5.35. The zero-order valence-corrected chi connectivity index (χ0v) is 13.0. The number of urea groups is 1. The van der Waals surface area contributed by atoms with Crippen molar-refractivity contribution in [2.75, 3.05) is 11.9 Å². The van der Waals surface area contributed by atoms with Crippen LogP contribution in [0.1, 0.15) is 11.6 Å². The highest BCUT2D eigenvalue weighted by Crippen LogP contribution is 2.18. The summed E-state index contributed by atoms with van der Waals surface area (Å²) in [4.78, 5) is 23.6. The van der Waals surface area contributed by atoms with Gasteiger partial charge in [-0.3, -0.25) is 4.57 Å². The van der Waals surface area contributed by atoms with Gasteiger partial charge in [0, 0.05) is 18.8 Å². The minimum Gasteiger partial charge on any atom is -0.408 e. The summed E-state index contributed by atoms with van der Waals surface area (Å²) >= 11 is 0. The Labute approximate surface area is 137 Å². The molecule has 2 amide bonds. The Morgan fingerprint density at radius 1 is 1.25 bits per heavy atom. The third kappa shape index (κ3) is 3.16. The number of fused-ring (bicyclic) bond motifs is 1. The van der Waals surface area contributed by atoms with Crippen molar-refractivity contribution in [3.05, 3.63) is 64.6 Å². The molecule has 1 heterocycles. The highest BCUT2D eigenvalue weighted by Gasteiger charge is 2.14. The van der Waals surface area contributed by atoms with Crippen molar-refractivity contribution in [3.63, 3.8) is 0 Å². The van der Waals surface area contributed by atoms with E-state index in [9.17, 15) is 14.7 Å². The number of carbonyl (C=O) groups excluding carboxylic acids is 1. The molecule has 0 saturated carbocycles. The lowest BCUT2D eigenvalue weighted by atomic mass is 10.1. The van der Waals surface area contributed by atoms with Gasteiger partial charge in [0.2, 0.25) is 0 Å². The Hall–Kier alpha value is -3.06. The SMILES string of the molecule is Cn1c(=O)oc2cc(NC(=O)N[C@H](CO)c3ccccc3)ccc21. The van der Waals surface area contributed by atoms with E-state index in [2.05, 4.69) is 10.6 Å². The number of benzene rings is 2. The molecule has 0 spiro atoms. The first kappa shape index (κ1) is 15.8. The number of aromatic nitrogens is 1. The maximum Gasteiger partial charge on any atom is 0.419 e. The van der Waals surface area contributed by atoms with Crippen molar-refractivity contribution >= 4 is 22.8 Å². The molecule has 3 rings (SSSR count). The Balaban J connectivity index is 1.73. The predicted molar refractivity (Wildman–Crippen MR) is 89.9 cm³/mol. The highest BCUT2D eigenvalue weighted by atomic mass is 16.4. The number of hydrogen-bond donors (Lipinski definition) is 3. The number of hydrogen-bond acceptors (Lipinski definition) is 4. The van der Waals surface area contributed by atoms with Gasteiger partial charge in [0.25, 0.3) is 0 Å². The molecule has 0 aliphatic carbocycles. The van der Waals surface area contributed by atoms with Gasteiger partial charge in [-0.25, -0.2) is 9.59 Å². The van der Waals surface area contributed by atoms with E-state index in [-0.39, 0.29) is 6.61 Å². The van der Waals surface area contributed by atoms with Crippen LogP contribution in [-0.2, 0) is 7.05 Å². The molecular weight excluding hydrogens is 310 g/mol. The zero-order valence-electron chi connectivity index (χ0n) is 13.0. The van der Waals surface area contributed by atoms with Crippen molar-refractivity contribution in [1.29, 1.82) is 0 Å².